The van der Waals surface area contributed by atoms with Crippen LogP contribution < -0.4 is 5.32 Å². The van der Waals surface area contributed by atoms with E-state index in [1.54, 1.807) is 0 Å². The second-order valence-electron chi connectivity index (χ2n) is 4.78. The Morgan fingerprint density at radius 1 is 1.31 bits per heavy atom. The Balaban J connectivity index is 1.75. The van der Waals surface area contributed by atoms with Crippen molar-refractivity contribution in [1.29, 1.82) is 0 Å². The number of urea groups is 1. The smallest absolute Gasteiger partial charge is 0.320 e. The minimum absolute atomic E-state index is 0.183. The predicted octanol–water partition coefficient (Wildman–Crippen LogP) is -0.352. The predicted molar refractivity (Wildman–Crippen MR) is 63.5 cm³/mol. The lowest BCUT2D eigenvalue weighted by atomic mass is 10.3. The van der Waals surface area contributed by atoms with Crippen molar-refractivity contribution in [2.75, 3.05) is 52.9 Å². The number of likely N-dealkylation sites (N-methyl/N-ethyl adjacent to an activating group) is 1. The van der Waals surface area contributed by atoms with Crippen LogP contribution >= 0.6 is 0 Å². The van der Waals surface area contributed by atoms with Crippen LogP contribution in [0.1, 0.15) is 6.92 Å². The van der Waals surface area contributed by atoms with Gasteiger partial charge in [0.2, 0.25) is 0 Å². The van der Waals surface area contributed by atoms with Crippen LogP contribution in [0.5, 0.6) is 0 Å². The molecule has 0 saturated carbocycles. The van der Waals surface area contributed by atoms with Gasteiger partial charge in [-0.15, -0.1) is 0 Å². The van der Waals surface area contributed by atoms with Gasteiger partial charge in [-0.05, 0) is 6.92 Å². The zero-order chi connectivity index (χ0) is 11.5. The molecular formula is C11H22N4O. The highest BCUT2D eigenvalue weighted by atomic mass is 16.2. The topological polar surface area (TPSA) is 38.8 Å². The molecular weight excluding hydrogens is 204 g/mol. The molecule has 2 aliphatic rings. The normalized spacial score (nSPS) is 27.9. The first-order chi connectivity index (χ1) is 7.68. The number of hydrogen-bond donors (Lipinski definition) is 1. The van der Waals surface area contributed by atoms with Gasteiger partial charge in [-0.3, -0.25) is 4.90 Å². The van der Waals surface area contributed by atoms with E-state index >= 15 is 0 Å². The molecule has 2 fully saturated rings. The highest BCUT2D eigenvalue weighted by molar-refractivity contribution is 5.76. The molecule has 0 spiro atoms. The summed E-state index contributed by atoms with van der Waals surface area (Å²) in [4.78, 5) is 18.0. The van der Waals surface area contributed by atoms with E-state index in [4.69, 9.17) is 0 Å². The van der Waals surface area contributed by atoms with Crippen LogP contribution in [-0.2, 0) is 0 Å². The zero-order valence-corrected chi connectivity index (χ0v) is 10.3. The van der Waals surface area contributed by atoms with Gasteiger partial charge >= 0.3 is 6.03 Å². The molecule has 2 rings (SSSR count). The number of amides is 2. The minimum Gasteiger partial charge on any atom is -0.323 e. The molecule has 0 aromatic heterocycles. The van der Waals surface area contributed by atoms with Gasteiger partial charge in [0.05, 0.1) is 0 Å². The first-order valence-electron chi connectivity index (χ1n) is 6.13. The van der Waals surface area contributed by atoms with Crippen molar-refractivity contribution >= 4 is 6.03 Å². The van der Waals surface area contributed by atoms with Crippen molar-refractivity contribution in [3.63, 3.8) is 0 Å². The average Bonchev–Trinajstić information content (AvgIpc) is 2.56. The molecule has 16 heavy (non-hydrogen) atoms. The largest absolute Gasteiger partial charge is 0.323 e. The summed E-state index contributed by atoms with van der Waals surface area (Å²) in [5.74, 6) is 0. The van der Waals surface area contributed by atoms with E-state index in [0.717, 1.165) is 45.8 Å². The van der Waals surface area contributed by atoms with Gasteiger partial charge in [-0.2, -0.15) is 0 Å². The monoisotopic (exact) mass is 226 g/mol. The average molecular weight is 226 g/mol. The van der Waals surface area contributed by atoms with Gasteiger partial charge in [0.15, 0.2) is 0 Å². The third kappa shape index (κ3) is 2.47. The summed E-state index contributed by atoms with van der Waals surface area (Å²) < 4.78 is 0. The van der Waals surface area contributed by atoms with Gasteiger partial charge in [0, 0.05) is 58.9 Å². The fourth-order valence-electron chi connectivity index (χ4n) is 2.31. The van der Waals surface area contributed by atoms with Crippen LogP contribution in [0.2, 0.25) is 0 Å². The summed E-state index contributed by atoms with van der Waals surface area (Å²) in [6.07, 6.45) is 0. The second-order valence-corrected chi connectivity index (χ2v) is 4.78. The Morgan fingerprint density at radius 3 is 2.56 bits per heavy atom. The third-order valence-corrected chi connectivity index (χ3v) is 3.61. The number of carbonyl (C=O) groups excluding carboxylic acids is 1. The Bertz CT molecular complexity index is 252. The van der Waals surface area contributed by atoms with Crippen LogP contribution in [0, 0.1) is 0 Å². The maximum atomic E-state index is 11.8. The van der Waals surface area contributed by atoms with Crippen molar-refractivity contribution < 1.29 is 4.79 Å². The summed E-state index contributed by atoms with van der Waals surface area (Å²) in [5, 5.41) is 3.34. The summed E-state index contributed by atoms with van der Waals surface area (Å²) in [6, 6.07) is 0.540. The number of rotatable bonds is 3. The minimum atomic E-state index is 0.183. The molecule has 2 saturated heterocycles. The Hall–Kier alpha value is -0.810. The molecule has 2 heterocycles. The first-order valence-corrected chi connectivity index (χ1v) is 6.13. The van der Waals surface area contributed by atoms with Crippen LogP contribution in [-0.4, -0.2) is 79.6 Å². The van der Waals surface area contributed by atoms with Crippen molar-refractivity contribution in [3.05, 3.63) is 0 Å². The van der Waals surface area contributed by atoms with Gasteiger partial charge < -0.3 is 15.1 Å². The van der Waals surface area contributed by atoms with Crippen LogP contribution in [0.25, 0.3) is 0 Å². The number of nitrogens with one attached hydrogen (secondary N) is 1. The molecule has 0 aromatic carbocycles. The van der Waals surface area contributed by atoms with Crippen molar-refractivity contribution in [1.82, 2.24) is 20.0 Å². The molecule has 2 amide bonds. The lowest BCUT2D eigenvalue weighted by Gasteiger charge is -2.28. The van der Waals surface area contributed by atoms with E-state index < -0.39 is 0 Å². The molecule has 0 radical (unpaired) electrons. The molecule has 92 valence electrons. The second kappa shape index (κ2) is 5.01. The molecule has 0 bridgehead atoms. The lowest BCUT2D eigenvalue weighted by Crippen LogP contribution is -2.46. The quantitative estimate of drug-likeness (QED) is 0.715. The number of carbonyl (C=O) groups is 1. The van der Waals surface area contributed by atoms with E-state index in [9.17, 15) is 4.79 Å². The van der Waals surface area contributed by atoms with Crippen molar-refractivity contribution in [2.45, 2.75) is 13.0 Å². The van der Waals surface area contributed by atoms with Gasteiger partial charge in [-0.25, -0.2) is 4.79 Å². The molecule has 5 nitrogen and oxygen atoms in total. The highest BCUT2D eigenvalue weighted by Gasteiger charge is 2.31. The van der Waals surface area contributed by atoms with Gasteiger partial charge in [-0.1, -0.05) is 0 Å². The standard InChI is InChI=1S/C11H22N4O/c1-10-9-15(11(16)13(10)2)8-7-14-5-3-12-4-6-14/h10,12H,3-9H2,1-2H3. The molecule has 2 aliphatic heterocycles. The van der Waals surface area contributed by atoms with Crippen molar-refractivity contribution in [3.8, 4) is 0 Å². The Morgan fingerprint density at radius 2 is 2.00 bits per heavy atom. The number of hydrogen-bond acceptors (Lipinski definition) is 3. The summed E-state index contributed by atoms with van der Waals surface area (Å²) in [6.45, 7) is 9.21. The highest BCUT2D eigenvalue weighted by Crippen LogP contribution is 2.12. The fourth-order valence-corrected chi connectivity index (χ4v) is 2.31. The molecule has 1 atom stereocenters. The molecule has 0 aromatic rings. The maximum Gasteiger partial charge on any atom is 0.320 e. The zero-order valence-electron chi connectivity index (χ0n) is 10.3. The number of nitrogens with zero attached hydrogens (tertiary/aromatic N) is 3. The van der Waals surface area contributed by atoms with E-state index in [0.29, 0.717) is 6.04 Å². The van der Waals surface area contributed by atoms with E-state index in [2.05, 4.69) is 17.1 Å². The van der Waals surface area contributed by atoms with Crippen LogP contribution in [0.15, 0.2) is 0 Å². The first kappa shape index (κ1) is 11.7. The van der Waals surface area contributed by atoms with Gasteiger partial charge in [0.25, 0.3) is 0 Å². The van der Waals surface area contributed by atoms with E-state index in [1.807, 2.05) is 16.8 Å². The molecule has 1 unspecified atom stereocenters. The van der Waals surface area contributed by atoms with E-state index in [-0.39, 0.29) is 6.03 Å². The molecule has 5 heteroatoms. The van der Waals surface area contributed by atoms with Crippen molar-refractivity contribution in [2.24, 2.45) is 0 Å². The SMILES string of the molecule is CC1CN(CCN2CCNCC2)C(=O)N1C. The van der Waals surface area contributed by atoms with E-state index in [1.165, 1.54) is 0 Å². The Kier molecular flexibility index (Phi) is 3.66. The number of piperazine rings is 1. The summed E-state index contributed by atoms with van der Waals surface area (Å²) in [5.41, 5.74) is 0. The summed E-state index contributed by atoms with van der Waals surface area (Å²) >= 11 is 0. The summed E-state index contributed by atoms with van der Waals surface area (Å²) in [7, 11) is 1.89. The maximum absolute atomic E-state index is 11.8. The van der Waals surface area contributed by atoms with Crippen LogP contribution in [0.3, 0.4) is 0 Å². The Labute approximate surface area is 97.4 Å². The molecule has 1 N–H and O–H groups in total. The van der Waals surface area contributed by atoms with Gasteiger partial charge in [0.1, 0.15) is 0 Å². The van der Waals surface area contributed by atoms with Crippen LogP contribution in [0.4, 0.5) is 4.79 Å². The fraction of sp³-hybridized carbons (Fsp3) is 0.909. The lowest BCUT2D eigenvalue weighted by molar-refractivity contribution is 0.181. The molecule has 0 aliphatic carbocycles. The third-order valence-electron chi connectivity index (χ3n) is 3.61.